The van der Waals surface area contributed by atoms with E-state index in [1.165, 1.54) is 11.8 Å². The van der Waals surface area contributed by atoms with E-state index in [2.05, 4.69) is 10.3 Å². The Morgan fingerprint density at radius 2 is 2.00 bits per heavy atom. The van der Waals surface area contributed by atoms with Crippen molar-refractivity contribution < 1.29 is 14.3 Å². The Morgan fingerprint density at radius 1 is 1.22 bits per heavy atom. The fourth-order valence-corrected chi connectivity index (χ4v) is 2.69. The number of aromatic nitrogens is 1. The zero-order valence-electron chi connectivity index (χ0n) is 13.0. The number of hydrogen-bond acceptors (Lipinski definition) is 5. The minimum absolute atomic E-state index is 0.148. The zero-order valence-corrected chi connectivity index (χ0v) is 13.9. The Bertz CT molecular complexity index is 704. The number of carbonyl (C=O) groups is 2. The van der Waals surface area contributed by atoms with E-state index in [9.17, 15) is 9.59 Å². The van der Waals surface area contributed by atoms with Gasteiger partial charge in [-0.2, -0.15) is 0 Å². The molecule has 0 unspecified atom stereocenters. The minimum atomic E-state index is -0.428. The summed E-state index contributed by atoms with van der Waals surface area (Å²) >= 11 is 1.21. The monoisotopic (exact) mass is 330 g/mol. The first-order chi connectivity index (χ1) is 11.1. The Hall–Kier alpha value is -2.34. The maximum Gasteiger partial charge on any atom is 0.340 e. The van der Waals surface area contributed by atoms with Crippen LogP contribution in [0.1, 0.15) is 22.8 Å². The number of thioether (sulfide) groups is 1. The number of hydrogen-bond donors (Lipinski definition) is 1. The maximum absolute atomic E-state index is 12.1. The molecule has 0 aliphatic rings. The molecular weight excluding hydrogens is 312 g/mol. The van der Waals surface area contributed by atoms with Gasteiger partial charge in [0.15, 0.2) is 0 Å². The van der Waals surface area contributed by atoms with Crippen LogP contribution in [0, 0.1) is 6.92 Å². The Morgan fingerprint density at radius 3 is 2.74 bits per heavy atom. The third-order valence-corrected chi connectivity index (χ3v) is 4.03. The number of para-hydroxylation sites is 1. The molecule has 0 aliphatic heterocycles. The second-order valence-corrected chi connectivity index (χ2v) is 5.69. The first kappa shape index (κ1) is 17.0. The van der Waals surface area contributed by atoms with E-state index < -0.39 is 5.97 Å². The largest absolute Gasteiger partial charge is 0.462 e. The van der Waals surface area contributed by atoms with Crippen molar-refractivity contribution >= 4 is 29.3 Å². The Labute approximate surface area is 139 Å². The molecule has 120 valence electrons. The summed E-state index contributed by atoms with van der Waals surface area (Å²) < 4.78 is 4.99. The van der Waals surface area contributed by atoms with Crippen LogP contribution in [0.4, 0.5) is 5.69 Å². The molecule has 0 saturated heterocycles. The quantitative estimate of drug-likeness (QED) is 0.650. The van der Waals surface area contributed by atoms with Crippen molar-refractivity contribution in [2.75, 3.05) is 17.7 Å². The molecule has 0 fully saturated rings. The molecule has 0 saturated carbocycles. The molecule has 0 aliphatic carbocycles. The summed E-state index contributed by atoms with van der Waals surface area (Å²) in [6, 6.07) is 10.9. The Balaban J connectivity index is 1.99. The topological polar surface area (TPSA) is 68.3 Å². The number of esters is 1. The lowest BCUT2D eigenvalue weighted by molar-refractivity contribution is -0.113. The molecule has 2 aromatic rings. The van der Waals surface area contributed by atoms with Crippen LogP contribution in [0.15, 0.2) is 47.6 Å². The fraction of sp³-hybridized carbons (Fsp3) is 0.235. The van der Waals surface area contributed by atoms with Crippen LogP contribution in [-0.4, -0.2) is 29.2 Å². The molecule has 0 radical (unpaired) electrons. The van der Waals surface area contributed by atoms with Gasteiger partial charge in [0.2, 0.25) is 5.91 Å². The van der Waals surface area contributed by atoms with E-state index in [-0.39, 0.29) is 11.7 Å². The molecule has 0 atom stereocenters. The van der Waals surface area contributed by atoms with E-state index in [1.54, 1.807) is 25.3 Å². The van der Waals surface area contributed by atoms with Gasteiger partial charge in [0.25, 0.3) is 0 Å². The summed E-state index contributed by atoms with van der Waals surface area (Å²) in [7, 11) is 0. The average molecular weight is 330 g/mol. The number of rotatable bonds is 6. The number of benzene rings is 1. The van der Waals surface area contributed by atoms with Gasteiger partial charge in [0, 0.05) is 11.9 Å². The number of ether oxygens (including phenoxy) is 1. The van der Waals surface area contributed by atoms with Gasteiger partial charge in [-0.15, -0.1) is 0 Å². The summed E-state index contributed by atoms with van der Waals surface area (Å²) in [5.41, 5.74) is 2.16. The lowest BCUT2D eigenvalue weighted by Gasteiger charge is -2.09. The highest BCUT2D eigenvalue weighted by atomic mass is 32.2. The zero-order chi connectivity index (χ0) is 16.7. The highest BCUT2D eigenvalue weighted by molar-refractivity contribution is 8.00. The van der Waals surface area contributed by atoms with Gasteiger partial charge in [-0.1, -0.05) is 30.0 Å². The number of carbonyl (C=O) groups excluding carboxylic acids is 2. The minimum Gasteiger partial charge on any atom is -0.462 e. The van der Waals surface area contributed by atoms with E-state index in [4.69, 9.17) is 4.74 Å². The van der Waals surface area contributed by atoms with Crippen LogP contribution >= 0.6 is 11.8 Å². The molecule has 23 heavy (non-hydrogen) atoms. The first-order valence-corrected chi connectivity index (χ1v) is 8.20. The fourth-order valence-electron chi connectivity index (χ4n) is 1.90. The van der Waals surface area contributed by atoms with Gasteiger partial charge in [-0.3, -0.25) is 4.79 Å². The standard InChI is InChI=1S/C17H18N2O3S/c1-3-22-17(21)13-8-6-10-18-16(13)23-11-15(20)19-14-9-5-4-7-12(14)2/h4-10H,3,11H2,1-2H3,(H,19,20). The van der Waals surface area contributed by atoms with E-state index in [0.717, 1.165) is 11.3 Å². The molecule has 0 bridgehead atoms. The normalized spacial score (nSPS) is 10.2. The van der Waals surface area contributed by atoms with Gasteiger partial charge in [-0.05, 0) is 37.6 Å². The summed E-state index contributed by atoms with van der Waals surface area (Å²) in [4.78, 5) is 28.1. The number of pyridine rings is 1. The van der Waals surface area contributed by atoms with Gasteiger partial charge in [0.1, 0.15) is 5.03 Å². The summed E-state index contributed by atoms with van der Waals surface area (Å²) in [5.74, 6) is -0.412. The molecular formula is C17H18N2O3S. The summed E-state index contributed by atoms with van der Waals surface area (Å²) in [5, 5.41) is 3.34. The van der Waals surface area contributed by atoms with Gasteiger partial charge in [0.05, 0.1) is 17.9 Å². The summed E-state index contributed by atoms with van der Waals surface area (Å²) in [6.07, 6.45) is 1.59. The van der Waals surface area contributed by atoms with Crippen LogP contribution in [0.2, 0.25) is 0 Å². The lowest BCUT2D eigenvalue weighted by atomic mass is 10.2. The van der Waals surface area contributed by atoms with Gasteiger partial charge < -0.3 is 10.1 Å². The third kappa shape index (κ3) is 4.82. The number of amides is 1. The van der Waals surface area contributed by atoms with Crippen molar-refractivity contribution in [1.29, 1.82) is 0 Å². The first-order valence-electron chi connectivity index (χ1n) is 7.22. The molecule has 1 aromatic heterocycles. The highest BCUT2D eigenvalue weighted by Crippen LogP contribution is 2.21. The lowest BCUT2D eigenvalue weighted by Crippen LogP contribution is -2.15. The summed E-state index contributed by atoms with van der Waals surface area (Å²) in [6.45, 7) is 3.97. The van der Waals surface area contributed by atoms with Crippen molar-refractivity contribution in [2.45, 2.75) is 18.9 Å². The maximum atomic E-state index is 12.1. The number of aryl methyl sites for hydroxylation is 1. The smallest absolute Gasteiger partial charge is 0.340 e. The molecule has 1 aromatic carbocycles. The third-order valence-electron chi connectivity index (χ3n) is 3.03. The molecule has 5 nitrogen and oxygen atoms in total. The molecule has 1 amide bonds. The van der Waals surface area contributed by atoms with Crippen LogP contribution < -0.4 is 5.32 Å². The van der Waals surface area contributed by atoms with Gasteiger partial charge >= 0.3 is 5.97 Å². The predicted octanol–water partition coefficient (Wildman–Crippen LogP) is 3.30. The van der Waals surface area contributed by atoms with Gasteiger partial charge in [-0.25, -0.2) is 9.78 Å². The predicted molar refractivity (Wildman–Crippen MR) is 90.7 cm³/mol. The van der Waals surface area contributed by atoms with Crippen molar-refractivity contribution in [2.24, 2.45) is 0 Å². The van der Waals surface area contributed by atoms with Crippen LogP contribution in [-0.2, 0) is 9.53 Å². The van der Waals surface area contributed by atoms with Crippen LogP contribution in [0.5, 0.6) is 0 Å². The molecule has 6 heteroatoms. The van der Waals surface area contributed by atoms with Crippen LogP contribution in [0.3, 0.4) is 0 Å². The second kappa shape index (κ2) is 8.33. The highest BCUT2D eigenvalue weighted by Gasteiger charge is 2.15. The van der Waals surface area contributed by atoms with E-state index in [0.29, 0.717) is 17.2 Å². The van der Waals surface area contributed by atoms with E-state index in [1.807, 2.05) is 31.2 Å². The average Bonchev–Trinajstić information content (AvgIpc) is 2.55. The molecule has 1 N–H and O–H groups in total. The second-order valence-electron chi connectivity index (χ2n) is 4.73. The Kier molecular flexibility index (Phi) is 6.17. The molecule has 1 heterocycles. The van der Waals surface area contributed by atoms with E-state index >= 15 is 0 Å². The van der Waals surface area contributed by atoms with Crippen molar-refractivity contribution in [3.05, 3.63) is 53.7 Å². The van der Waals surface area contributed by atoms with Crippen LogP contribution in [0.25, 0.3) is 0 Å². The number of anilines is 1. The van der Waals surface area contributed by atoms with Crippen molar-refractivity contribution in [1.82, 2.24) is 4.98 Å². The van der Waals surface area contributed by atoms with Crippen molar-refractivity contribution in [3.8, 4) is 0 Å². The number of nitrogens with one attached hydrogen (secondary N) is 1. The molecule has 2 rings (SSSR count). The van der Waals surface area contributed by atoms with Crippen molar-refractivity contribution in [3.63, 3.8) is 0 Å². The molecule has 0 spiro atoms. The number of nitrogens with zero attached hydrogens (tertiary/aromatic N) is 1. The SMILES string of the molecule is CCOC(=O)c1cccnc1SCC(=O)Nc1ccccc1C.